The first kappa shape index (κ1) is 13.4. The standard InChI is InChI=1S/C13H20ClN3O/c1-18-12-7-9-15-13(16-12)17(10-8-14)11-5-3-2-4-6-11/h7,9,11H,2-6,8,10H2,1H3. The van der Waals surface area contributed by atoms with Crippen LogP contribution < -0.4 is 9.64 Å². The molecule has 18 heavy (non-hydrogen) atoms. The van der Waals surface area contributed by atoms with Crippen molar-refractivity contribution in [2.45, 2.75) is 38.1 Å². The Labute approximate surface area is 113 Å². The van der Waals surface area contributed by atoms with E-state index >= 15 is 0 Å². The van der Waals surface area contributed by atoms with Gasteiger partial charge in [0.15, 0.2) is 0 Å². The lowest BCUT2D eigenvalue weighted by Gasteiger charge is -2.34. The first-order valence-electron chi connectivity index (χ1n) is 6.55. The normalized spacial score (nSPS) is 16.6. The minimum Gasteiger partial charge on any atom is -0.481 e. The monoisotopic (exact) mass is 269 g/mol. The predicted octanol–water partition coefficient (Wildman–Crippen LogP) is 2.86. The Morgan fingerprint density at radius 3 is 2.83 bits per heavy atom. The van der Waals surface area contributed by atoms with E-state index in [1.807, 2.05) is 0 Å². The van der Waals surface area contributed by atoms with Gasteiger partial charge in [0.2, 0.25) is 11.8 Å². The van der Waals surface area contributed by atoms with Crippen molar-refractivity contribution in [2.24, 2.45) is 0 Å². The van der Waals surface area contributed by atoms with Crippen LogP contribution in [0.5, 0.6) is 5.88 Å². The smallest absolute Gasteiger partial charge is 0.228 e. The van der Waals surface area contributed by atoms with Gasteiger partial charge in [0.25, 0.3) is 0 Å². The van der Waals surface area contributed by atoms with Crippen LogP contribution in [-0.4, -0.2) is 35.5 Å². The fraction of sp³-hybridized carbons (Fsp3) is 0.692. The molecule has 4 nitrogen and oxygen atoms in total. The van der Waals surface area contributed by atoms with Crippen LogP contribution in [-0.2, 0) is 0 Å². The highest BCUT2D eigenvalue weighted by Crippen LogP contribution is 2.25. The van der Waals surface area contributed by atoms with E-state index in [2.05, 4.69) is 14.9 Å². The van der Waals surface area contributed by atoms with Gasteiger partial charge in [-0.2, -0.15) is 4.98 Å². The molecule has 0 bridgehead atoms. The first-order valence-corrected chi connectivity index (χ1v) is 7.08. The van der Waals surface area contributed by atoms with Gasteiger partial charge in [-0.1, -0.05) is 19.3 Å². The van der Waals surface area contributed by atoms with Gasteiger partial charge in [-0.15, -0.1) is 11.6 Å². The number of hydrogen-bond acceptors (Lipinski definition) is 4. The second-order valence-corrected chi connectivity index (χ2v) is 4.95. The van der Waals surface area contributed by atoms with Crippen molar-refractivity contribution in [1.82, 2.24) is 9.97 Å². The molecule has 5 heteroatoms. The molecule has 0 amide bonds. The topological polar surface area (TPSA) is 38.2 Å². The lowest BCUT2D eigenvalue weighted by Crippen LogP contribution is -2.39. The van der Waals surface area contributed by atoms with Gasteiger partial charge in [0.05, 0.1) is 7.11 Å². The van der Waals surface area contributed by atoms with Gasteiger partial charge in [0.1, 0.15) is 0 Å². The molecule has 1 heterocycles. The summed E-state index contributed by atoms with van der Waals surface area (Å²) in [5.41, 5.74) is 0. The summed E-state index contributed by atoms with van der Waals surface area (Å²) < 4.78 is 5.16. The van der Waals surface area contributed by atoms with Crippen molar-refractivity contribution < 1.29 is 4.74 Å². The zero-order valence-corrected chi connectivity index (χ0v) is 11.6. The maximum absolute atomic E-state index is 5.91. The Balaban J connectivity index is 2.16. The lowest BCUT2D eigenvalue weighted by atomic mass is 9.94. The largest absolute Gasteiger partial charge is 0.481 e. The zero-order chi connectivity index (χ0) is 12.8. The molecule has 0 unspecified atom stereocenters. The van der Waals surface area contributed by atoms with Crippen LogP contribution in [0.2, 0.25) is 0 Å². The van der Waals surface area contributed by atoms with Crippen molar-refractivity contribution >= 4 is 17.5 Å². The number of anilines is 1. The molecule has 1 fully saturated rings. The molecule has 0 aliphatic heterocycles. The molecule has 1 aromatic rings. The van der Waals surface area contributed by atoms with Crippen molar-refractivity contribution in [3.05, 3.63) is 12.3 Å². The summed E-state index contributed by atoms with van der Waals surface area (Å²) in [6, 6.07) is 2.29. The first-order chi connectivity index (χ1) is 8.85. The fourth-order valence-electron chi connectivity index (χ4n) is 2.51. The molecule has 0 spiro atoms. The summed E-state index contributed by atoms with van der Waals surface area (Å²) in [4.78, 5) is 11.0. The Morgan fingerprint density at radius 2 is 2.17 bits per heavy atom. The summed E-state index contributed by atoms with van der Waals surface area (Å²) in [6.07, 6.45) is 8.06. The number of ether oxygens (including phenoxy) is 1. The van der Waals surface area contributed by atoms with Crippen LogP contribution in [0.4, 0.5) is 5.95 Å². The Kier molecular flexibility index (Phi) is 5.05. The van der Waals surface area contributed by atoms with E-state index in [1.165, 1.54) is 32.1 Å². The molecule has 0 atom stereocenters. The van der Waals surface area contributed by atoms with Gasteiger partial charge in [0, 0.05) is 30.7 Å². The maximum atomic E-state index is 5.91. The Hall–Kier alpha value is -1.03. The molecule has 0 N–H and O–H groups in total. The third-order valence-electron chi connectivity index (χ3n) is 3.42. The highest BCUT2D eigenvalue weighted by molar-refractivity contribution is 6.18. The lowest BCUT2D eigenvalue weighted by molar-refractivity contribution is 0.390. The third-order valence-corrected chi connectivity index (χ3v) is 3.59. The number of hydrogen-bond donors (Lipinski definition) is 0. The number of methoxy groups -OCH3 is 1. The van der Waals surface area contributed by atoms with E-state index in [4.69, 9.17) is 16.3 Å². The molecule has 1 aliphatic carbocycles. The number of alkyl halides is 1. The Bertz CT molecular complexity index is 369. The SMILES string of the molecule is COc1ccnc(N(CCCl)C2CCCCC2)n1. The molecule has 100 valence electrons. The highest BCUT2D eigenvalue weighted by atomic mass is 35.5. The highest BCUT2D eigenvalue weighted by Gasteiger charge is 2.23. The van der Waals surface area contributed by atoms with Gasteiger partial charge in [-0.25, -0.2) is 4.98 Å². The average Bonchev–Trinajstić information content (AvgIpc) is 2.46. The van der Waals surface area contributed by atoms with Crippen LogP contribution in [0.25, 0.3) is 0 Å². The van der Waals surface area contributed by atoms with Crippen LogP contribution in [0.3, 0.4) is 0 Å². The van der Waals surface area contributed by atoms with Crippen LogP contribution in [0.1, 0.15) is 32.1 Å². The average molecular weight is 270 g/mol. The van der Waals surface area contributed by atoms with Crippen molar-refractivity contribution in [3.8, 4) is 5.88 Å². The van der Waals surface area contributed by atoms with Crippen LogP contribution >= 0.6 is 11.6 Å². The summed E-state index contributed by atoms with van der Waals surface area (Å²) in [5.74, 6) is 1.94. The summed E-state index contributed by atoms with van der Waals surface area (Å²) in [5, 5.41) is 0. The quantitative estimate of drug-likeness (QED) is 0.771. The molecular formula is C13H20ClN3O. The van der Waals surface area contributed by atoms with E-state index in [1.54, 1.807) is 19.4 Å². The zero-order valence-electron chi connectivity index (χ0n) is 10.8. The van der Waals surface area contributed by atoms with Crippen molar-refractivity contribution in [2.75, 3.05) is 24.4 Å². The predicted molar refractivity (Wildman–Crippen MR) is 73.5 cm³/mol. The van der Waals surface area contributed by atoms with Gasteiger partial charge < -0.3 is 9.64 Å². The van der Waals surface area contributed by atoms with Crippen molar-refractivity contribution in [1.29, 1.82) is 0 Å². The van der Waals surface area contributed by atoms with E-state index in [0.717, 1.165) is 12.5 Å². The van der Waals surface area contributed by atoms with E-state index in [0.29, 0.717) is 17.8 Å². The van der Waals surface area contributed by atoms with Gasteiger partial charge >= 0.3 is 0 Å². The third kappa shape index (κ3) is 3.25. The summed E-state index contributed by atoms with van der Waals surface area (Å²) >= 11 is 5.91. The molecular weight excluding hydrogens is 250 g/mol. The van der Waals surface area contributed by atoms with Crippen LogP contribution in [0, 0.1) is 0 Å². The van der Waals surface area contributed by atoms with Crippen molar-refractivity contribution in [3.63, 3.8) is 0 Å². The molecule has 0 aromatic carbocycles. The number of halogens is 1. The summed E-state index contributed by atoms with van der Waals surface area (Å²) in [7, 11) is 1.62. The molecule has 0 radical (unpaired) electrons. The number of aromatic nitrogens is 2. The maximum Gasteiger partial charge on any atom is 0.228 e. The van der Waals surface area contributed by atoms with E-state index < -0.39 is 0 Å². The second kappa shape index (κ2) is 6.78. The number of nitrogens with zero attached hydrogens (tertiary/aromatic N) is 3. The van der Waals surface area contributed by atoms with E-state index in [9.17, 15) is 0 Å². The van der Waals surface area contributed by atoms with Gasteiger partial charge in [-0.3, -0.25) is 0 Å². The fourth-order valence-corrected chi connectivity index (χ4v) is 2.70. The molecule has 0 saturated heterocycles. The van der Waals surface area contributed by atoms with Gasteiger partial charge in [-0.05, 0) is 12.8 Å². The van der Waals surface area contributed by atoms with Crippen LogP contribution in [0.15, 0.2) is 12.3 Å². The number of rotatable bonds is 5. The second-order valence-electron chi connectivity index (χ2n) is 4.57. The molecule has 2 rings (SSSR count). The Morgan fingerprint density at radius 1 is 1.39 bits per heavy atom. The van der Waals surface area contributed by atoms with E-state index in [-0.39, 0.29) is 0 Å². The molecule has 1 aliphatic rings. The minimum atomic E-state index is 0.518. The molecule has 1 aromatic heterocycles. The minimum absolute atomic E-state index is 0.518. The summed E-state index contributed by atoms with van der Waals surface area (Å²) in [6.45, 7) is 0.791. The molecule has 1 saturated carbocycles.